The van der Waals surface area contributed by atoms with E-state index in [1.165, 1.54) is 5.69 Å². The van der Waals surface area contributed by atoms with E-state index in [4.69, 9.17) is 16.3 Å². The summed E-state index contributed by atoms with van der Waals surface area (Å²) >= 11 is 6.04. The number of rotatable bonds is 4. The van der Waals surface area contributed by atoms with E-state index in [0.717, 1.165) is 48.8 Å². The molecule has 1 atom stereocenters. The maximum atomic E-state index is 6.04. The Bertz CT molecular complexity index is 855. The van der Waals surface area contributed by atoms with Crippen molar-refractivity contribution in [3.8, 4) is 0 Å². The van der Waals surface area contributed by atoms with Crippen molar-refractivity contribution in [2.75, 3.05) is 36.5 Å². The molecule has 1 saturated heterocycles. The highest BCUT2D eigenvalue weighted by Gasteiger charge is 2.13. The van der Waals surface area contributed by atoms with Gasteiger partial charge in [-0.1, -0.05) is 11.6 Å². The highest BCUT2D eigenvalue weighted by molar-refractivity contribution is 6.31. The van der Waals surface area contributed by atoms with Gasteiger partial charge in [-0.2, -0.15) is 0 Å². The lowest BCUT2D eigenvalue weighted by atomic mass is 10.2. The highest BCUT2D eigenvalue weighted by Crippen LogP contribution is 2.24. The maximum Gasteiger partial charge on any atom is 0.129 e. The Morgan fingerprint density at radius 1 is 1.16 bits per heavy atom. The average molecular weight is 357 g/mol. The van der Waals surface area contributed by atoms with Gasteiger partial charge in [0.2, 0.25) is 0 Å². The minimum absolute atomic E-state index is 0.0698. The van der Waals surface area contributed by atoms with Crippen LogP contribution < -0.4 is 10.2 Å². The Labute approximate surface area is 152 Å². The zero-order valence-corrected chi connectivity index (χ0v) is 14.9. The summed E-state index contributed by atoms with van der Waals surface area (Å²) in [7, 11) is 0. The third kappa shape index (κ3) is 3.57. The van der Waals surface area contributed by atoms with Crippen LogP contribution in [0.25, 0.3) is 11.0 Å². The number of anilines is 2. The first-order chi connectivity index (χ1) is 12.2. The van der Waals surface area contributed by atoms with Crippen molar-refractivity contribution in [1.29, 1.82) is 0 Å². The number of ether oxygens (including phenoxy) is 1. The fraction of sp³-hybridized carbons (Fsp3) is 0.316. The van der Waals surface area contributed by atoms with Crippen molar-refractivity contribution < 1.29 is 4.74 Å². The molecular weight excluding hydrogens is 336 g/mol. The van der Waals surface area contributed by atoms with Crippen LogP contribution in [-0.4, -0.2) is 36.3 Å². The topological polar surface area (TPSA) is 53.2 Å². The molecule has 1 fully saturated rings. The molecule has 1 unspecified atom stereocenters. The van der Waals surface area contributed by atoms with Gasteiger partial charge in [0.25, 0.3) is 0 Å². The zero-order chi connectivity index (χ0) is 17.2. The summed E-state index contributed by atoms with van der Waals surface area (Å²) in [6.45, 7) is 5.59. The molecule has 0 saturated carbocycles. The quantitative estimate of drug-likeness (QED) is 0.734. The fourth-order valence-electron chi connectivity index (χ4n) is 3.12. The van der Waals surface area contributed by atoms with Crippen LogP contribution in [-0.2, 0) is 4.74 Å². The first-order valence-corrected chi connectivity index (χ1v) is 8.91. The van der Waals surface area contributed by atoms with Crippen LogP contribution in [0.4, 0.5) is 11.4 Å². The van der Waals surface area contributed by atoms with Crippen molar-refractivity contribution in [3.05, 3.63) is 53.3 Å². The third-order valence-corrected chi connectivity index (χ3v) is 4.73. The summed E-state index contributed by atoms with van der Waals surface area (Å²) in [6, 6.07) is 14.3. The molecule has 6 heteroatoms. The summed E-state index contributed by atoms with van der Waals surface area (Å²) in [6.07, 6.45) is 0. The normalized spacial score (nSPS) is 16.2. The van der Waals surface area contributed by atoms with Crippen molar-refractivity contribution >= 4 is 34.0 Å². The number of morpholine rings is 1. The Balaban J connectivity index is 1.46. The van der Waals surface area contributed by atoms with E-state index in [-0.39, 0.29) is 6.04 Å². The van der Waals surface area contributed by atoms with Crippen LogP contribution in [0.1, 0.15) is 18.8 Å². The van der Waals surface area contributed by atoms with Crippen LogP contribution in [0.3, 0.4) is 0 Å². The molecule has 1 aliphatic heterocycles. The lowest BCUT2D eigenvalue weighted by Crippen LogP contribution is -2.36. The summed E-state index contributed by atoms with van der Waals surface area (Å²) in [4.78, 5) is 10.3. The second-order valence-electron chi connectivity index (χ2n) is 6.30. The molecule has 2 heterocycles. The Hall–Kier alpha value is -2.24. The number of hydrogen-bond acceptors (Lipinski definition) is 4. The van der Waals surface area contributed by atoms with Gasteiger partial charge in [0.1, 0.15) is 5.82 Å². The standard InChI is InChI=1S/C19H21ClN4O/c1-13(19-22-17-7-2-14(20)12-18(17)23-19)21-15-3-5-16(6-4-15)24-8-10-25-11-9-24/h2-7,12-13,21H,8-11H2,1H3,(H,22,23). The second kappa shape index (κ2) is 6.94. The molecule has 2 N–H and O–H groups in total. The van der Waals surface area contributed by atoms with Crippen molar-refractivity contribution in [3.63, 3.8) is 0 Å². The molecule has 5 nitrogen and oxygen atoms in total. The van der Waals surface area contributed by atoms with Crippen molar-refractivity contribution in [1.82, 2.24) is 9.97 Å². The molecule has 3 aromatic rings. The van der Waals surface area contributed by atoms with Crippen LogP contribution in [0.15, 0.2) is 42.5 Å². The summed E-state index contributed by atoms with van der Waals surface area (Å²) in [5.74, 6) is 0.898. The number of hydrogen-bond donors (Lipinski definition) is 2. The van der Waals surface area contributed by atoms with Crippen LogP contribution in [0.2, 0.25) is 5.02 Å². The lowest BCUT2D eigenvalue weighted by Gasteiger charge is -2.29. The number of fused-ring (bicyclic) bond motifs is 1. The van der Waals surface area contributed by atoms with Crippen LogP contribution in [0, 0.1) is 0 Å². The van der Waals surface area contributed by atoms with Gasteiger partial charge in [0.05, 0.1) is 30.3 Å². The van der Waals surface area contributed by atoms with Gasteiger partial charge in [-0.15, -0.1) is 0 Å². The maximum absolute atomic E-state index is 6.04. The van der Waals surface area contributed by atoms with E-state index in [0.29, 0.717) is 5.02 Å². The van der Waals surface area contributed by atoms with Gasteiger partial charge in [-0.25, -0.2) is 4.98 Å². The van der Waals surface area contributed by atoms with E-state index in [9.17, 15) is 0 Å². The highest BCUT2D eigenvalue weighted by atomic mass is 35.5. The van der Waals surface area contributed by atoms with E-state index >= 15 is 0 Å². The zero-order valence-electron chi connectivity index (χ0n) is 14.1. The van der Waals surface area contributed by atoms with Gasteiger partial charge >= 0.3 is 0 Å². The van der Waals surface area contributed by atoms with Crippen LogP contribution >= 0.6 is 11.6 Å². The predicted molar refractivity (Wildman–Crippen MR) is 103 cm³/mol. The predicted octanol–water partition coefficient (Wildman–Crippen LogP) is 4.23. The van der Waals surface area contributed by atoms with Gasteiger partial charge in [-0.3, -0.25) is 0 Å². The molecule has 130 valence electrons. The number of aromatic amines is 1. The molecule has 2 aromatic carbocycles. The molecule has 0 radical (unpaired) electrons. The first kappa shape index (κ1) is 16.2. The largest absolute Gasteiger partial charge is 0.378 e. The molecule has 0 spiro atoms. The summed E-state index contributed by atoms with van der Waals surface area (Å²) in [5.41, 5.74) is 4.19. The molecule has 0 amide bonds. The van der Waals surface area contributed by atoms with E-state index < -0.39 is 0 Å². The van der Waals surface area contributed by atoms with Gasteiger partial charge < -0.3 is 19.9 Å². The van der Waals surface area contributed by atoms with Crippen molar-refractivity contribution in [2.24, 2.45) is 0 Å². The monoisotopic (exact) mass is 356 g/mol. The van der Waals surface area contributed by atoms with Gasteiger partial charge in [0, 0.05) is 29.5 Å². The van der Waals surface area contributed by atoms with Crippen molar-refractivity contribution in [2.45, 2.75) is 13.0 Å². The number of halogens is 1. The minimum atomic E-state index is 0.0698. The van der Waals surface area contributed by atoms with Crippen LogP contribution in [0.5, 0.6) is 0 Å². The number of benzene rings is 2. The molecule has 0 bridgehead atoms. The minimum Gasteiger partial charge on any atom is -0.378 e. The first-order valence-electron chi connectivity index (χ1n) is 8.53. The summed E-state index contributed by atoms with van der Waals surface area (Å²) < 4.78 is 5.41. The summed E-state index contributed by atoms with van der Waals surface area (Å²) in [5, 5.41) is 4.20. The molecule has 25 heavy (non-hydrogen) atoms. The van der Waals surface area contributed by atoms with E-state index in [2.05, 4.69) is 51.4 Å². The molecule has 1 aliphatic rings. The SMILES string of the molecule is CC(Nc1ccc(N2CCOCC2)cc1)c1nc2ccc(Cl)cc2[nH]1. The molecule has 1 aromatic heterocycles. The molecule has 0 aliphatic carbocycles. The number of H-pyrrole nitrogens is 1. The average Bonchev–Trinajstić information content (AvgIpc) is 3.06. The Morgan fingerprint density at radius 2 is 1.92 bits per heavy atom. The molecular formula is C19H21ClN4O. The third-order valence-electron chi connectivity index (χ3n) is 4.50. The second-order valence-corrected chi connectivity index (χ2v) is 6.73. The number of imidazole rings is 1. The molecule has 4 rings (SSSR count). The fourth-order valence-corrected chi connectivity index (χ4v) is 3.29. The lowest BCUT2D eigenvalue weighted by molar-refractivity contribution is 0.122. The van der Waals surface area contributed by atoms with Gasteiger partial charge in [-0.05, 0) is 49.4 Å². The smallest absolute Gasteiger partial charge is 0.129 e. The Morgan fingerprint density at radius 3 is 2.68 bits per heavy atom. The van der Waals surface area contributed by atoms with Gasteiger partial charge in [0.15, 0.2) is 0 Å². The van der Waals surface area contributed by atoms with E-state index in [1.807, 2.05) is 18.2 Å². The number of nitrogens with one attached hydrogen (secondary N) is 2. The number of nitrogens with zero attached hydrogens (tertiary/aromatic N) is 2. The Kier molecular flexibility index (Phi) is 4.51. The van der Waals surface area contributed by atoms with E-state index in [1.54, 1.807) is 0 Å². The number of aromatic nitrogens is 2.